The second-order valence-electron chi connectivity index (χ2n) is 5.65. The summed E-state index contributed by atoms with van der Waals surface area (Å²) < 4.78 is 10.8. The van der Waals surface area contributed by atoms with Crippen LogP contribution >= 0.6 is 0 Å². The van der Waals surface area contributed by atoms with Gasteiger partial charge < -0.3 is 19.5 Å². The Hall–Kier alpha value is -1.26. The molecule has 1 unspecified atom stereocenters. The SMILES string of the molecule is COc1cccc(OC[C@@H](O)C[NH+]2CCCC[C@@H]2C)c1. The van der Waals surface area contributed by atoms with Crippen molar-refractivity contribution in [1.29, 1.82) is 0 Å². The van der Waals surface area contributed by atoms with Crippen LogP contribution in [0.4, 0.5) is 0 Å². The van der Waals surface area contributed by atoms with Gasteiger partial charge >= 0.3 is 0 Å². The fourth-order valence-electron chi connectivity index (χ4n) is 2.80. The van der Waals surface area contributed by atoms with Gasteiger partial charge in [0.2, 0.25) is 0 Å². The first-order chi connectivity index (χ1) is 9.69. The molecule has 1 fully saturated rings. The summed E-state index contributed by atoms with van der Waals surface area (Å²) in [6.07, 6.45) is 3.43. The third kappa shape index (κ3) is 4.39. The van der Waals surface area contributed by atoms with Gasteiger partial charge in [-0.15, -0.1) is 0 Å². The zero-order valence-electron chi connectivity index (χ0n) is 12.5. The van der Waals surface area contributed by atoms with Crippen LogP contribution in [0.25, 0.3) is 0 Å². The quantitative estimate of drug-likeness (QED) is 0.813. The summed E-state index contributed by atoms with van der Waals surface area (Å²) in [6, 6.07) is 8.13. The number of likely N-dealkylation sites (tertiary alicyclic amines) is 1. The van der Waals surface area contributed by atoms with E-state index in [9.17, 15) is 5.11 Å². The van der Waals surface area contributed by atoms with Gasteiger partial charge in [0.15, 0.2) is 0 Å². The highest BCUT2D eigenvalue weighted by atomic mass is 16.5. The van der Waals surface area contributed by atoms with E-state index in [0.717, 1.165) is 24.6 Å². The van der Waals surface area contributed by atoms with Gasteiger partial charge in [-0.05, 0) is 38.3 Å². The molecule has 1 aromatic carbocycles. The van der Waals surface area contributed by atoms with Crippen LogP contribution in [0.3, 0.4) is 0 Å². The van der Waals surface area contributed by atoms with Crippen molar-refractivity contribution in [2.75, 3.05) is 26.8 Å². The number of hydrogen-bond acceptors (Lipinski definition) is 3. The number of benzene rings is 1. The minimum absolute atomic E-state index is 0.337. The molecule has 0 amide bonds. The van der Waals surface area contributed by atoms with Crippen molar-refractivity contribution >= 4 is 0 Å². The van der Waals surface area contributed by atoms with Gasteiger partial charge in [0.25, 0.3) is 0 Å². The summed E-state index contributed by atoms with van der Waals surface area (Å²) >= 11 is 0. The molecule has 1 aromatic rings. The average Bonchev–Trinajstić information content (AvgIpc) is 2.48. The number of piperidine rings is 1. The van der Waals surface area contributed by atoms with Gasteiger partial charge in [0.05, 0.1) is 19.7 Å². The number of methoxy groups -OCH3 is 1. The molecule has 1 aliphatic rings. The number of hydrogen-bond donors (Lipinski definition) is 2. The van der Waals surface area contributed by atoms with E-state index in [1.807, 2.05) is 24.3 Å². The smallest absolute Gasteiger partial charge is 0.137 e. The highest BCUT2D eigenvalue weighted by molar-refractivity contribution is 5.32. The van der Waals surface area contributed by atoms with Crippen LogP contribution in [0, 0.1) is 0 Å². The monoisotopic (exact) mass is 280 g/mol. The molecule has 4 heteroatoms. The van der Waals surface area contributed by atoms with Crippen molar-refractivity contribution in [2.45, 2.75) is 38.3 Å². The van der Waals surface area contributed by atoms with Gasteiger partial charge in [-0.3, -0.25) is 0 Å². The minimum atomic E-state index is -0.420. The number of quaternary nitrogens is 1. The Labute approximate surface area is 121 Å². The summed E-state index contributed by atoms with van der Waals surface area (Å²) in [4.78, 5) is 1.50. The molecule has 20 heavy (non-hydrogen) atoms. The lowest BCUT2D eigenvalue weighted by molar-refractivity contribution is -0.931. The molecular formula is C16H26NO3+. The third-order valence-electron chi connectivity index (χ3n) is 4.06. The van der Waals surface area contributed by atoms with Gasteiger partial charge in [-0.1, -0.05) is 6.07 Å². The van der Waals surface area contributed by atoms with Crippen molar-refractivity contribution in [3.05, 3.63) is 24.3 Å². The van der Waals surface area contributed by atoms with E-state index in [4.69, 9.17) is 9.47 Å². The molecule has 3 atom stereocenters. The van der Waals surface area contributed by atoms with Gasteiger partial charge in [0, 0.05) is 6.07 Å². The molecule has 0 radical (unpaired) electrons. The molecule has 0 aliphatic carbocycles. The molecule has 0 spiro atoms. The van der Waals surface area contributed by atoms with Crippen LogP contribution in [-0.4, -0.2) is 44.1 Å². The Morgan fingerprint density at radius 1 is 1.35 bits per heavy atom. The molecule has 0 bridgehead atoms. The maximum atomic E-state index is 10.1. The van der Waals surface area contributed by atoms with E-state index in [1.54, 1.807) is 7.11 Å². The topological polar surface area (TPSA) is 43.1 Å². The van der Waals surface area contributed by atoms with Crippen molar-refractivity contribution in [1.82, 2.24) is 0 Å². The molecule has 2 rings (SSSR count). The van der Waals surface area contributed by atoms with Gasteiger partial charge in [0.1, 0.15) is 30.8 Å². The molecule has 1 aliphatic heterocycles. The van der Waals surface area contributed by atoms with Crippen LogP contribution in [0.5, 0.6) is 11.5 Å². The molecular weight excluding hydrogens is 254 g/mol. The summed E-state index contributed by atoms with van der Waals surface area (Å²) in [7, 11) is 1.63. The summed E-state index contributed by atoms with van der Waals surface area (Å²) in [6.45, 7) is 4.54. The molecule has 0 aromatic heterocycles. The Balaban J connectivity index is 1.77. The van der Waals surface area contributed by atoms with Crippen LogP contribution in [0.2, 0.25) is 0 Å². The highest BCUT2D eigenvalue weighted by Gasteiger charge is 2.24. The Morgan fingerprint density at radius 2 is 2.15 bits per heavy atom. The lowest BCUT2D eigenvalue weighted by atomic mass is 10.0. The zero-order valence-corrected chi connectivity index (χ0v) is 12.5. The fourth-order valence-corrected chi connectivity index (χ4v) is 2.80. The van der Waals surface area contributed by atoms with Crippen LogP contribution in [0.1, 0.15) is 26.2 Å². The van der Waals surface area contributed by atoms with Gasteiger partial charge in [-0.25, -0.2) is 0 Å². The summed E-state index contributed by atoms with van der Waals surface area (Å²) in [5, 5.41) is 10.1. The Morgan fingerprint density at radius 3 is 2.90 bits per heavy atom. The lowest BCUT2D eigenvalue weighted by Crippen LogP contribution is -3.17. The molecule has 112 valence electrons. The predicted molar refractivity (Wildman–Crippen MR) is 78.5 cm³/mol. The average molecular weight is 280 g/mol. The molecule has 4 nitrogen and oxygen atoms in total. The van der Waals surface area contributed by atoms with Crippen molar-refractivity contribution in [3.63, 3.8) is 0 Å². The third-order valence-corrected chi connectivity index (χ3v) is 4.06. The van der Waals surface area contributed by atoms with E-state index in [0.29, 0.717) is 12.6 Å². The molecule has 2 N–H and O–H groups in total. The standard InChI is InChI=1S/C16H25NO3/c1-13-6-3-4-9-17(13)11-14(18)12-20-16-8-5-7-15(10-16)19-2/h5,7-8,10,13-14,18H,3-4,6,9,11-12H2,1-2H3/p+1/t13-,14-/m0/s1. The highest BCUT2D eigenvalue weighted by Crippen LogP contribution is 2.18. The number of rotatable bonds is 6. The number of aliphatic hydroxyl groups is 1. The van der Waals surface area contributed by atoms with E-state index in [1.165, 1.54) is 24.2 Å². The second kappa shape index (κ2) is 7.50. The zero-order chi connectivity index (χ0) is 14.4. The maximum Gasteiger partial charge on any atom is 0.137 e. The van der Waals surface area contributed by atoms with Crippen molar-refractivity contribution < 1.29 is 19.5 Å². The van der Waals surface area contributed by atoms with E-state index in [2.05, 4.69) is 6.92 Å². The summed E-state index contributed by atoms with van der Waals surface area (Å²) in [5.41, 5.74) is 0. The maximum absolute atomic E-state index is 10.1. The van der Waals surface area contributed by atoms with Crippen molar-refractivity contribution in [3.8, 4) is 11.5 Å². The van der Waals surface area contributed by atoms with E-state index in [-0.39, 0.29) is 0 Å². The normalized spacial score (nSPS) is 24.1. The van der Waals surface area contributed by atoms with E-state index < -0.39 is 6.10 Å². The van der Waals surface area contributed by atoms with Crippen LogP contribution < -0.4 is 14.4 Å². The first kappa shape index (κ1) is 15.1. The fraction of sp³-hybridized carbons (Fsp3) is 0.625. The van der Waals surface area contributed by atoms with E-state index >= 15 is 0 Å². The number of aliphatic hydroxyl groups excluding tert-OH is 1. The van der Waals surface area contributed by atoms with Crippen LogP contribution in [0.15, 0.2) is 24.3 Å². The largest absolute Gasteiger partial charge is 0.497 e. The number of nitrogens with one attached hydrogen (secondary N) is 1. The summed E-state index contributed by atoms with van der Waals surface area (Å²) in [5.74, 6) is 1.51. The Bertz CT molecular complexity index is 410. The Kier molecular flexibility index (Phi) is 5.68. The first-order valence-electron chi connectivity index (χ1n) is 7.48. The molecule has 0 saturated carbocycles. The van der Waals surface area contributed by atoms with Crippen LogP contribution in [-0.2, 0) is 0 Å². The minimum Gasteiger partial charge on any atom is -0.497 e. The molecule has 1 heterocycles. The predicted octanol–water partition coefficient (Wildman–Crippen LogP) is 0.892. The van der Waals surface area contributed by atoms with Crippen molar-refractivity contribution in [2.24, 2.45) is 0 Å². The molecule has 1 saturated heterocycles. The van der Waals surface area contributed by atoms with Gasteiger partial charge in [-0.2, -0.15) is 0 Å². The first-order valence-corrected chi connectivity index (χ1v) is 7.48. The lowest BCUT2D eigenvalue weighted by Gasteiger charge is -2.31. The number of ether oxygens (including phenoxy) is 2. The second-order valence-corrected chi connectivity index (χ2v) is 5.65.